The number of benzene rings is 1. The average molecular weight is 597 g/mol. The molecule has 0 unspecified atom stereocenters. The molecule has 8 nitrogen and oxygen atoms in total. The largest absolute Gasteiger partial charge is 0.497 e. The Morgan fingerprint density at radius 2 is 1.80 bits per heavy atom. The molecule has 41 heavy (non-hydrogen) atoms. The molecule has 2 aromatic rings. The third-order valence-corrected chi connectivity index (χ3v) is 8.34. The predicted octanol–water partition coefficient (Wildman–Crippen LogP) is 4.88. The fourth-order valence-electron chi connectivity index (χ4n) is 5.55. The van der Waals surface area contributed by atoms with Crippen LogP contribution in [0.4, 0.5) is 19.0 Å². The highest BCUT2D eigenvalue weighted by Crippen LogP contribution is 2.41. The summed E-state index contributed by atoms with van der Waals surface area (Å²) in [6.07, 6.45) is -0.300. The third-order valence-electron chi connectivity index (χ3n) is 8.06. The molecule has 12 heteroatoms. The molecule has 1 aromatic heterocycles. The summed E-state index contributed by atoms with van der Waals surface area (Å²) in [5, 5.41) is 10.9. The number of nitrogens with zero attached hydrogens (tertiary/aromatic N) is 4. The van der Waals surface area contributed by atoms with E-state index >= 15 is 0 Å². The van der Waals surface area contributed by atoms with Crippen molar-refractivity contribution in [1.29, 1.82) is 0 Å². The van der Waals surface area contributed by atoms with Gasteiger partial charge in [-0.3, -0.25) is 9.59 Å². The van der Waals surface area contributed by atoms with Crippen LogP contribution in [0.2, 0.25) is 5.15 Å². The summed E-state index contributed by atoms with van der Waals surface area (Å²) in [5.41, 5.74) is -3.85. The summed E-state index contributed by atoms with van der Waals surface area (Å²) in [4.78, 5) is 34.9. The predicted molar refractivity (Wildman–Crippen MR) is 149 cm³/mol. The first-order chi connectivity index (χ1) is 19.5. The van der Waals surface area contributed by atoms with Gasteiger partial charge in [-0.1, -0.05) is 23.7 Å². The second-order valence-corrected chi connectivity index (χ2v) is 11.1. The Bertz CT molecular complexity index is 1230. The van der Waals surface area contributed by atoms with Crippen LogP contribution in [0.5, 0.6) is 5.75 Å². The second-order valence-electron chi connectivity index (χ2n) is 10.7. The summed E-state index contributed by atoms with van der Waals surface area (Å²) < 4.78 is 47.0. The van der Waals surface area contributed by atoms with Crippen molar-refractivity contribution in [2.75, 3.05) is 51.8 Å². The van der Waals surface area contributed by atoms with E-state index < -0.39 is 23.2 Å². The number of halogens is 4. The molecule has 224 valence electrons. The highest BCUT2D eigenvalue weighted by atomic mass is 35.5. The van der Waals surface area contributed by atoms with Crippen molar-refractivity contribution in [3.8, 4) is 5.75 Å². The smallest absolute Gasteiger partial charge is 0.430 e. The molecule has 0 spiro atoms. The van der Waals surface area contributed by atoms with E-state index in [0.717, 1.165) is 75.3 Å². The number of likely N-dealkylation sites (N-methyl/N-ethyl adjacent to an activating group) is 1. The number of ether oxygens (including phenoxy) is 1. The Morgan fingerprint density at radius 3 is 2.41 bits per heavy atom. The van der Waals surface area contributed by atoms with Crippen molar-refractivity contribution in [1.82, 2.24) is 14.8 Å². The SMILES string of the molecule is COc1cccc([C@@](O)(C(=O)N(C)CCCC2CCN(c3ccc(C(=O)N4CCCC4)c(Cl)n3)CC2)C(F)(F)F)c1. The zero-order chi connectivity index (χ0) is 29.8. The minimum atomic E-state index is -5.21. The van der Waals surface area contributed by atoms with E-state index in [-0.39, 0.29) is 23.4 Å². The van der Waals surface area contributed by atoms with Crippen LogP contribution in [0.15, 0.2) is 36.4 Å². The van der Waals surface area contributed by atoms with E-state index in [9.17, 15) is 27.9 Å². The molecule has 2 amide bonds. The number of amides is 2. The van der Waals surface area contributed by atoms with Gasteiger partial charge in [0.05, 0.1) is 12.7 Å². The van der Waals surface area contributed by atoms with Crippen LogP contribution in [-0.2, 0) is 10.4 Å². The van der Waals surface area contributed by atoms with Crippen molar-refractivity contribution in [2.24, 2.45) is 5.92 Å². The number of pyridine rings is 1. The lowest BCUT2D eigenvalue weighted by atomic mass is 9.90. The van der Waals surface area contributed by atoms with Crippen LogP contribution >= 0.6 is 11.6 Å². The summed E-state index contributed by atoms with van der Waals surface area (Å²) >= 11 is 6.38. The van der Waals surface area contributed by atoms with Gasteiger partial charge in [-0.2, -0.15) is 13.2 Å². The molecule has 1 atom stereocenters. The van der Waals surface area contributed by atoms with Gasteiger partial charge < -0.3 is 24.5 Å². The van der Waals surface area contributed by atoms with Gasteiger partial charge >= 0.3 is 6.18 Å². The Balaban J connectivity index is 1.29. The molecule has 4 rings (SSSR count). The maximum atomic E-state index is 14.0. The van der Waals surface area contributed by atoms with Gasteiger partial charge in [0.2, 0.25) is 0 Å². The molecule has 0 radical (unpaired) electrons. The molecule has 2 fully saturated rings. The van der Waals surface area contributed by atoms with Crippen molar-refractivity contribution in [2.45, 2.75) is 50.3 Å². The first-order valence-corrected chi connectivity index (χ1v) is 14.2. The number of likely N-dealkylation sites (tertiary alicyclic amines) is 1. The van der Waals surface area contributed by atoms with Gasteiger partial charge in [0.25, 0.3) is 17.4 Å². The molecule has 2 aliphatic rings. The third kappa shape index (κ3) is 6.72. The number of methoxy groups -OCH3 is 1. The highest BCUT2D eigenvalue weighted by Gasteiger charge is 2.61. The molecule has 2 saturated heterocycles. The maximum Gasteiger partial charge on any atom is 0.430 e. The van der Waals surface area contributed by atoms with Crippen molar-refractivity contribution < 1.29 is 32.6 Å². The minimum absolute atomic E-state index is 0.0745. The van der Waals surface area contributed by atoms with Crippen LogP contribution in [0, 0.1) is 5.92 Å². The fraction of sp³-hybridized carbons (Fsp3) is 0.552. The van der Waals surface area contributed by atoms with E-state index in [4.69, 9.17) is 16.3 Å². The number of piperidine rings is 1. The maximum absolute atomic E-state index is 14.0. The molecular weight excluding hydrogens is 561 g/mol. The summed E-state index contributed by atoms with van der Waals surface area (Å²) in [6.45, 7) is 3.00. The van der Waals surface area contributed by atoms with Crippen LogP contribution < -0.4 is 9.64 Å². The summed E-state index contributed by atoms with van der Waals surface area (Å²) in [7, 11) is 2.57. The Hall–Kier alpha value is -3.05. The number of hydrogen-bond donors (Lipinski definition) is 1. The van der Waals surface area contributed by atoms with E-state index in [0.29, 0.717) is 23.7 Å². The van der Waals surface area contributed by atoms with E-state index in [2.05, 4.69) is 9.88 Å². The summed E-state index contributed by atoms with van der Waals surface area (Å²) in [6, 6.07) is 8.38. The van der Waals surface area contributed by atoms with Gasteiger partial charge in [0.1, 0.15) is 16.7 Å². The lowest BCUT2D eigenvalue weighted by Gasteiger charge is -2.34. The molecule has 0 bridgehead atoms. The number of hydrogen-bond acceptors (Lipinski definition) is 6. The van der Waals surface area contributed by atoms with Gasteiger partial charge in [-0.15, -0.1) is 0 Å². The Labute approximate surface area is 243 Å². The molecule has 1 aromatic carbocycles. The van der Waals surface area contributed by atoms with Crippen molar-refractivity contribution in [3.63, 3.8) is 0 Å². The number of aliphatic hydroxyl groups is 1. The zero-order valence-electron chi connectivity index (χ0n) is 23.3. The number of carbonyl (C=O) groups is 2. The lowest BCUT2D eigenvalue weighted by molar-refractivity contribution is -0.261. The molecule has 1 N–H and O–H groups in total. The zero-order valence-corrected chi connectivity index (χ0v) is 24.0. The highest BCUT2D eigenvalue weighted by molar-refractivity contribution is 6.32. The summed E-state index contributed by atoms with van der Waals surface area (Å²) in [5.74, 6) is -0.369. The van der Waals surface area contributed by atoms with Crippen LogP contribution in [0.3, 0.4) is 0 Å². The standard InChI is InChI=1S/C29H36ClF3N4O4/c1-35(27(39)28(40,29(31,32)33)21-8-5-9-22(19-21)41-2)14-6-7-20-12-17-36(18-13-20)24-11-10-23(25(30)34-24)26(38)37-15-3-4-16-37/h5,8-11,19-20,40H,3-4,6-7,12-18H2,1-2H3/t28-/m1/s1. The number of aromatic nitrogens is 1. The van der Waals surface area contributed by atoms with Crippen LogP contribution in [0.1, 0.15) is 54.4 Å². The molecule has 0 aliphatic carbocycles. The molecule has 0 saturated carbocycles. The lowest BCUT2D eigenvalue weighted by Crippen LogP contribution is -2.55. The normalized spacial score (nSPS) is 17.8. The number of anilines is 1. The van der Waals surface area contributed by atoms with Crippen LogP contribution in [0.25, 0.3) is 0 Å². The first kappa shape index (κ1) is 30.9. The van der Waals surface area contributed by atoms with Crippen LogP contribution in [-0.4, -0.2) is 84.8 Å². The van der Waals surface area contributed by atoms with E-state index in [1.807, 2.05) is 6.07 Å². The van der Waals surface area contributed by atoms with Gasteiger partial charge in [-0.05, 0) is 68.7 Å². The Kier molecular flexibility index (Phi) is 9.69. The van der Waals surface area contributed by atoms with E-state index in [1.165, 1.54) is 26.3 Å². The average Bonchev–Trinajstić information content (AvgIpc) is 3.51. The van der Waals surface area contributed by atoms with Gasteiger partial charge in [0.15, 0.2) is 0 Å². The molecule has 2 aliphatic heterocycles. The van der Waals surface area contributed by atoms with Gasteiger partial charge in [-0.25, -0.2) is 4.98 Å². The number of rotatable bonds is 9. The molecule has 3 heterocycles. The van der Waals surface area contributed by atoms with E-state index in [1.54, 1.807) is 11.0 Å². The molecular formula is C29H36ClF3N4O4. The minimum Gasteiger partial charge on any atom is -0.497 e. The quantitative estimate of drug-likeness (QED) is 0.415. The van der Waals surface area contributed by atoms with Crippen molar-refractivity contribution in [3.05, 3.63) is 52.7 Å². The fourth-order valence-corrected chi connectivity index (χ4v) is 5.78. The number of carbonyl (C=O) groups excluding carboxylic acids is 2. The monoisotopic (exact) mass is 596 g/mol. The topological polar surface area (TPSA) is 86.2 Å². The second kappa shape index (κ2) is 12.9. The van der Waals surface area contributed by atoms with Crippen molar-refractivity contribution >= 4 is 29.2 Å². The number of alkyl halides is 3. The Morgan fingerprint density at radius 1 is 1.12 bits per heavy atom. The van der Waals surface area contributed by atoms with Gasteiger partial charge in [0, 0.05) is 45.3 Å². The first-order valence-electron chi connectivity index (χ1n) is 13.9.